The Bertz CT molecular complexity index is 611. The molecule has 0 radical (unpaired) electrons. The Morgan fingerprint density at radius 2 is 2.26 bits per heavy atom. The molecule has 2 aromatic heterocycles. The molecule has 100 valence electrons. The highest BCUT2D eigenvalue weighted by Crippen LogP contribution is 2.25. The Kier molecular flexibility index (Phi) is 3.61. The van der Waals surface area contributed by atoms with Crippen LogP contribution in [0.15, 0.2) is 16.7 Å². The first-order valence-corrected chi connectivity index (χ1v) is 6.13. The third-order valence-corrected chi connectivity index (χ3v) is 3.52. The Labute approximate surface area is 111 Å². The number of thiophene rings is 1. The van der Waals surface area contributed by atoms with Gasteiger partial charge in [-0.2, -0.15) is 0 Å². The fourth-order valence-corrected chi connectivity index (χ4v) is 2.17. The molecule has 2 rings (SSSR count). The molecule has 0 aliphatic carbocycles. The molecule has 7 nitrogen and oxygen atoms in total. The molecular formula is C11H10N2O5S. The van der Waals surface area contributed by atoms with Crippen LogP contribution in [0.4, 0.5) is 5.00 Å². The molecule has 0 unspecified atom stereocenters. The molecule has 0 bridgehead atoms. The molecule has 2 heterocycles. The smallest absolute Gasteiger partial charge is 0.348 e. The number of rotatable bonds is 4. The van der Waals surface area contributed by atoms with Gasteiger partial charge in [-0.3, -0.25) is 10.1 Å². The zero-order chi connectivity index (χ0) is 14.0. The second kappa shape index (κ2) is 5.19. The lowest BCUT2D eigenvalue weighted by atomic mass is 10.2. The summed E-state index contributed by atoms with van der Waals surface area (Å²) in [5, 5.41) is 14.2. The van der Waals surface area contributed by atoms with Crippen LogP contribution in [0.3, 0.4) is 0 Å². The maximum Gasteiger partial charge on any atom is 0.348 e. The van der Waals surface area contributed by atoms with E-state index in [1.165, 1.54) is 12.1 Å². The van der Waals surface area contributed by atoms with Crippen LogP contribution in [0.1, 0.15) is 26.7 Å². The molecule has 0 amide bonds. The molecule has 19 heavy (non-hydrogen) atoms. The van der Waals surface area contributed by atoms with Crippen molar-refractivity contribution < 1.29 is 19.0 Å². The fourth-order valence-electron chi connectivity index (χ4n) is 1.45. The number of aromatic nitrogens is 1. The van der Waals surface area contributed by atoms with Gasteiger partial charge in [-0.15, -0.1) is 0 Å². The molecule has 0 aromatic carbocycles. The predicted molar refractivity (Wildman–Crippen MR) is 66.1 cm³/mol. The number of carbonyl (C=O) groups is 1. The average Bonchev–Trinajstić information content (AvgIpc) is 2.95. The number of esters is 1. The summed E-state index contributed by atoms with van der Waals surface area (Å²) in [6.45, 7) is 3.50. The minimum Gasteiger partial charge on any atom is -0.456 e. The summed E-state index contributed by atoms with van der Waals surface area (Å²) in [5.41, 5.74) is 1.36. The number of nitro groups is 1. The standard InChI is InChI=1S/C11H10N2O5S/c1-6-8(7(2)18-12-6)5-17-11(14)9-3-4-10(19-9)13(15)16/h3-4H,5H2,1-2H3. The molecule has 0 saturated heterocycles. The van der Waals surface area contributed by atoms with Crippen molar-refractivity contribution in [2.45, 2.75) is 20.5 Å². The van der Waals surface area contributed by atoms with Crippen molar-refractivity contribution in [3.05, 3.63) is 44.1 Å². The van der Waals surface area contributed by atoms with E-state index in [0.29, 0.717) is 17.0 Å². The van der Waals surface area contributed by atoms with Crippen LogP contribution >= 0.6 is 11.3 Å². The molecule has 2 aromatic rings. The first kappa shape index (κ1) is 13.2. The number of ether oxygens (including phenoxy) is 1. The van der Waals surface area contributed by atoms with Gasteiger partial charge < -0.3 is 9.26 Å². The Hall–Kier alpha value is -2.22. The summed E-state index contributed by atoms with van der Waals surface area (Å²) in [5.74, 6) is -0.0134. The van der Waals surface area contributed by atoms with Crippen LogP contribution in [0.2, 0.25) is 0 Å². The van der Waals surface area contributed by atoms with Crippen molar-refractivity contribution in [2.75, 3.05) is 0 Å². The molecule has 0 spiro atoms. The fraction of sp³-hybridized carbons (Fsp3) is 0.273. The van der Waals surface area contributed by atoms with Crippen molar-refractivity contribution in [1.29, 1.82) is 0 Å². The van der Waals surface area contributed by atoms with E-state index in [9.17, 15) is 14.9 Å². The van der Waals surface area contributed by atoms with Gasteiger partial charge in [0.15, 0.2) is 0 Å². The van der Waals surface area contributed by atoms with E-state index < -0.39 is 10.9 Å². The van der Waals surface area contributed by atoms with Gasteiger partial charge in [-0.1, -0.05) is 16.5 Å². The average molecular weight is 282 g/mol. The van der Waals surface area contributed by atoms with E-state index in [1.807, 2.05) is 0 Å². The van der Waals surface area contributed by atoms with Crippen LogP contribution in [0.5, 0.6) is 0 Å². The monoisotopic (exact) mass is 282 g/mol. The molecule has 0 N–H and O–H groups in total. The van der Waals surface area contributed by atoms with Gasteiger partial charge in [0.25, 0.3) is 0 Å². The van der Waals surface area contributed by atoms with Gasteiger partial charge in [0, 0.05) is 6.07 Å². The maximum atomic E-state index is 11.7. The third-order valence-electron chi connectivity index (χ3n) is 2.50. The van der Waals surface area contributed by atoms with Crippen molar-refractivity contribution in [2.24, 2.45) is 0 Å². The molecule has 0 fully saturated rings. The Balaban J connectivity index is 2.03. The number of carbonyl (C=O) groups excluding carboxylic acids is 1. The quantitative estimate of drug-likeness (QED) is 0.486. The number of aryl methyl sites for hydroxylation is 2. The Morgan fingerprint density at radius 1 is 1.53 bits per heavy atom. The van der Waals surface area contributed by atoms with Gasteiger partial charge in [-0.25, -0.2) is 4.79 Å². The maximum absolute atomic E-state index is 11.7. The second-order valence-electron chi connectivity index (χ2n) is 3.77. The second-order valence-corrected chi connectivity index (χ2v) is 4.84. The summed E-state index contributed by atoms with van der Waals surface area (Å²) in [6.07, 6.45) is 0. The molecule has 8 heteroatoms. The summed E-state index contributed by atoms with van der Waals surface area (Å²) < 4.78 is 10.0. The topological polar surface area (TPSA) is 95.5 Å². The number of hydrogen-bond acceptors (Lipinski definition) is 7. The predicted octanol–water partition coefficient (Wildman–Crippen LogP) is 2.62. The molecule has 0 saturated carbocycles. The van der Waals surface area contributed by atoms with E-state index in [0.717, 1.165) is 11.3 Å². The van der Waals surface area contributed by atoms with Gasteiger partial charge in [0.05, 0.1) is 16.2 Å². The molecule has 0 aliphatic heterocycles. The van der Waals surface area contributed by atoms with E-state index in [2.05, 4.69) is 5.16 Å². The molecule has 0 atom stereocenters. The van der Waals surface area contributed by atoms with E-state index in [-0.39, 0.29) is 16.5 Å². The molecule has 0 aliphatic rings. The van der Waals surface area contributed by atoms with Crippen LogP contribution in [0.25, 0.3) is 0 Å². The lowest BCUT2D eigenvalue weighted by molar-refractivity contribution is -0.380. The zero-order valence-electron chi connectivity index (χ0n) is 10.2. The summed E-state index contributed by atoms with van der Waals surface area (Å²) >= 11 is 0.782. The molecular weight excluding hydrogens is 272 g/mol. The highest BCUT2D eigenvalue weighted by molar-refractivity contribution is 7.17. The van der Waals surface area contributed by atoms with Crippen LogP contribution in [-0.2, 0) is 11.3 Å². The summed E-state index contributed by atoms with van der Waals surface area (Å²) in [7, 11) is 0. The van der Waals surface area contributed by atoms with E-state index in [4.69, 9.17) is 9.26 Å². The Morgan fingerprint density at radius 3 is 2.79 bits per heavy atom. The largest absolute Gasteiger partial charge is 0.456 e. The van der Waals surface area contributed by atoms with Crippen molar-refractivity contribution in [3.8, 4) is 0 Å². The van der Waals surface area contributed by atoms with Crippen molar-refractivity contribution in [1.82, 2.24) is 5.16 Å². The minimum absolute atomic E-state index is 0.0334. The summed E-state index contributed by atoms with van der Waals surface area (Å²) in [4.78, 5) is 21.9. The minimum atomic E-state index is -0.599. The lowest BCUT2D eigenvalue weighted by Gasteiger charge is -2.01. The normalized spacial score (nSPS) is 10.4. The first-order valence-electron chi connectivity index (χ1n) is 5.32. The summed E-state index contributed by atoms with van der Waals surface area (Å²) in [6, 6.07) is 2.65. The highest BCUT2D eigenvalue weighted by atomic mass is 32.1. The van der Waals surface area contributed by atoms with Crippen LogP contribution < -0.4 is 0 Å². The highest BCUT2D eigenvalue weighted by Gasteiger charge is 2.18. The number of nitrogens with zero attached hydrogens (tertiary/aromatic N) is 2. The van der Waals surface area contributed by atoms with Crippen molar-refractivity contribution in [3.63, 3.8) is 0 Å². The zero-order valence-corrected chi connectivity index (χ0v) is 11.0. The lowest BCUT2D eigenvalue weighted by Crippen LogP contribution is -2.04. The van der Waals surface area contributed by atoms with E-state index >= 15 is 0 Å². The van der Waals surface area contributed by atoms with E-state index in [1.54, 1.807) is 13.8 Å². The van der Waals surface area contributed by atoms with Gasteiger partial charge in [0.1, 0.15) is 17.2 Å². The van der Waals surface area contributed by atoms with Crippen molar-refractivity contribution >= 4 is 22.3 Å². The number of hydrogen-bond donors (Lipinski definition) is 0. The SMILES string of the molecule is Cc1noc(C)c1COC(=O)c1ccc([N+](=O)[O-])s1. The van der Waals surface area contributed by atoms with Gasteiger partial charge in [-0.05, 0) is 19.9 Å². The van der Waals surface area contributed by atoms with Gasteiger partial charge >= 0.3 is 11.0 Å². The first-order chi connectivity index (χ1) is 8.99. The third kappa shape index (κ3) is 2.79. The van der Waals surface area contributed by atoms with Crippen LogP contribution in [0, 0.1) is 24.0 Å². The van der Waals surface area contributed by atoms with Crippen LogP contribution in [-0.4, -0.2) is 16.0 Å². The van der Waals surface area contributed by atoms with Gasteiger partial charge in [0.2, 0.25) is 0 Å².